The number of halogens is 2. The molecule has 1 saturated carbocycles. The van der Waals surface area contributed by atoms with Crippen LogP contribution in [0.3, 0.4) is 0 Å². The third-order valence-corrected chi connectivity index (χ3v) is 8.75. The molecule has 1 saturated heterocycles. The molecule has 0 amide bonds. The van der Waals surface area contributed by atoms with E-state index in [9.17, 15) is 4.79 Å². The minimum Gasteiger partial charge on any atom is -0.465 e. The summed E-state index contributed by atoms with van der Waals surface area (Å²) in [6.45, 7) is 5.98. The second kappa shape index (κ2) is 10.5. The first-order valence-electron chi connectivity index (χ1n) is 13.4. The first kappa shape index (κ1) is 26.2. The maximum atomic E-state index is 12.2. The van der Waals surface area contributed by atoms with Gasteiger partial charge < -0.3 is 18.7 Å². The monoisotopic (exact) mass is 566 g/mol. The Morgan fingerprint density at radius 3 is 2.62 bits per heavy atom. The number of anilines is 1. The number of aryl methyl sites for hydroxylation is 1. The van der Waals surface area contributed by atoms with Crippen molar-refractivity contribution in [1.29, 1.82) is 0 Å². The van der Waals surface area contributed by atoms with Crippen LogP contribution in [0.5, 0.6) is 0 Å². The number of piperazine rings is 1. The summed E-state index contributed by atoms with van der Waals surface area (Å²) in [7, 11) is 3.38. The first-order chi connectivity index (χ1) is 18.9. The lowest BCUT2D eigenvalue weighted by molar-refractivity contribution is 0.0602. The van der Waals surface area contributed by atoms with E-state index in [2.05, 4.69) is 34.0 Å². The highest BCUT2D eigenvalue weighted by molar-refractivity contribution is 6.39. The number of esters is 1. The normalized spacial score (nSPS) is 18.2. The number of rotatable bonds is 7. The number of hydrogen-bond acceptors (Lipinski definition) is 6. The summed E-state index contributed by atoms with van der Waals surface area (Å²) in [5.74, 6) is 1.13. The van der Waals surface area contributed by atoms with E-state index in [-0.39, 0.29) is 5.97 Å². The summed E-state index contributed by atoms with van der Waals surface area (Å²) in [4.78, 5) is 17.1. The number of hydrogen-bond donors (Lipinski definition) is 0. The van der Waals surface area contributed by atoms with E-state index in [0.29, 0.717) is 27.6 Å². The number of nitrogens with zero attached hydrogens (tertiary/aromatic N) is 4. The predicted molar refractivity (Wildman–Crippen MR) is 155 cm³/mol. The van der Waals surface area contributed by atoms with Gasteiger partial charge >= 0.3 is 5.97 Å². The fourth-order valence-corrected chi connectivity index (χ4v) is 6.39. The van der Waals surface area contributed by atoms with Crippen molar-refractivity contribution in [1.82, 2.24) is 14.6 Å². The van der Waals surface area contributed by atoms with Crippen molar-refractivity contribution in [2.75, 3.05) is 38.2 Å². The molecule has 2 aromatic carbocycles. The fourth-order valence-electron chi connectivity index (χ4n) is 5.81. The topological polar surface area (TPSA) is 63.7 Å². The van der Waals surface area contributed by atoms with E-state index in [1.165, 1.54) is 7.11 Å². The number of fused-ring (bicyclic) bond motifs is 1. The molecule has 0 bridgehead atoms. The molecule has 2 aliphatic rings. The molecule has 7 nitrogen and oxygen atoms in total. The number of carbonyl (C=O) groups excluding carboxylic acids is 1. The van der Waals surface area contributed by atoms with E-state index in [4.69, 9.17) is 32.5 Å². The Balaban J connectivity index is 1.18. The third-order valence-electron chi connectivity index (χ3n) is 8.13. The average Bonchev–Trinajstić information content (AvgIpc) is 3.61. The van der Waals surface area contributed by atoms with Crippen molar-refractivity contribution in [2.45, 2.75) is 38.1 Å². The second-order valence-corrected chi connectivity index (χ2v) is 11.5. The Bertz CT molecular complexity index is 1520. The first-order valence-corrected chi connectivity index (χ1v) is 14.2. The van der Waals surface area contributed by atoms with Crippen LogP contribution < -0.4 is 4.90 Å². The van der Waals surface area contributed by atoms with Gasteiger partial charge in [-0.1, -0.05) is 34.4 Å². The van der Waals surface area contributed by atoms with E-state index < -0.39 is 0 Å². The maximum absolute atomic E-state index is 12.2. The molecule has 2 fully saturated rings. The molecule has 2 aromatic heterocycles. The summed E-state index contributed by atoms with van der Waals surface area (Å²) in [5.41, 5.74) is 5.46. The smallest absolute Gasteiger partial charge is 0.340 e. The molecular weight excluding hydrogens is 535 g/mol. The molecule has 204 valence electrons. The highest BCUT2D eigenvalue weighted by Gasteiger charge is 2.34. The van der Waals surface area contributed by atoms with Crippen LogP contribution in [-0.4, -0.2) is 59.9 Å². The molecule has 39 heavy (non-hydrogen) atoms. The van der Waals surface area contributed by atoms with Crippen molar-refractivity contribution < 1.29 is 14.1 Å². The van der Waals surface area contributed by atoms with E-state index in [1.54, 1.807) is 0 Å². The summed E-state index contributed by atoms with van der Waals surface area (Å²) >= 11 is 13.1. The fraction of sp³-hybridized carbons (Fsp3) is 0.400. The number of carbonyl (C=O) groups is 1. The second-order valence-electron chi connectivity index (χ2n) is 10.7. The minimum atomic E-state index is -0.312. The van der Waals surface area contributed by atoms with Crippen molar-refractivity contribution in [3.05, 3.63) is 69.5 Å². The van der Waals surface area contributed by atoms with Gasteiger partial charge in [0.15, 0.2) is 0 Å². The van der Waals surface area contributed by atoms with Gasteiger partial charge in [-0.3, -0.25) is 4.90 Å². The van der Waals surface area contributed by atoms with Gasteiger partial charge in [0.1, 0.15) is 11.5 Å². The van der Waals surface area contributed by atoms with Gasteiger partial charge in [0.05, 0.1) is 28.2 Å². The molecule has 1 aliphatic carbocycles. The van der Waals surface area contributed by atoms with Crippen LogP contribution in [0, 0.1) is 0 Å². The highest BCUT2D eigenvalue weighted by atomic mass is 35.5. The number of aromatic nitrogens is 2. The summed E-state index contributed by atoms with van der Waals surface area (Å²) in [5, 5.41) is 6.55. The van der Waals surface area contributed by atoms with Gasteiger partial charge in [-0.05, 0) is 56.5 Å². The predicted octanol–water partition coefficient (Wildman–Crippen LogP) is 6.56. The number of benzene rings is 2. The van der Waals surface area contributed by atoms with Crippen LogP contribution in [-0.2, 0) is 18.2 Å². The van der Waals surface area contributed by atoms with Gasteiger partial charge in [0.2, 0.25) is 0 Å². The molecule has 4 aromatic rings. The molecule has 1 aliphatic heterocycles. The maximum Gasteiger partial charge on any atom is 0.340 e. The number of ether oxygens (including phenoxy) is 1. The zero-order chi connectivity index (χ0) is 27.3. The van der Waals surface area contributed by atoms with Crippen LogP contribution in [0.1, 0.15) is 47.4 Å². The quantitative estimate of drug-likeness (QED) is 0.236. The number of methoxy groups -OCH3 is 1. The summed E-state index contributed by atoms with van der Waals surface area (Å²) < 4.78 is 12.8. The average molecular weight is 568 g/mol. The van der Waals surface area contributed by atoms with Crippen LogP contribution >= 0.6 is 23.2 Å². The molecule has 0 radical (unpaired) electrons. The lowest BCUT2D eigenvalue weighted by atomic mass is 10.0. The molecule has 6 rings (SSSR count). The third kappa shape index (κ3) is 4.92. The van der Waals surface area contributed by atoms with Crippen molar-refractivity contribution in [3.8, 4) is 11.3 Å². The molecule has 9 heteroatoms. The van der Waals surface area contributed by atoms with Crippen LogP contribution in [0.25, 0.3) is 22.2 Å². The zero-order valence-electron chi connectivity index (χ0n) is 22.4. The van der Waals surface area contributed by atoms with Gasteiger partial charge in [0, 0.05) is 73.6 Å². The summed E-state index contributed by atoms with van der Waals surface area (Å²) in [6.07, 6.45) is 4.95. The zero-order valence-corrected chi connectivity index (χ0v) is 23.9. The molecular formula is C30H32Cl2N4O3. The molecule has 0 N–H and O–H groups in total. The lowest BCUT2D eigenvalue weighted by Gasteiger charge is -2.41. The molecule has 0 spiro atoms. The Kier molecular flexibility index (Phi) is 7.08. The van der Waals surface area contributed by atoms with Crippen LogP contribution in [0.2, 0.25) is 10.0 Å². The van der Waals surface area contributed by atoms with Crippen LogP contribution in [0.15, 0.2) is 47.1 Å². The molecule has 3 heterocycles. The van der Waals surface area contributed by atoms with E-state index >= 15 is 0 Å². The van der Waals surface area contributed by atoms with Gasteiger partial charge in [0.25, 0.3) is 0 Å². The molecule has 1 atom stereocenters. The summed E-state index contributed by atoms with van der Waals surface area (Å²) in [6, 6.07) is 12.2. The Labute approximate surface area is 238 Å². The standard InChI is InChI=1S/C30H32Cl2N4O3/c1-18-16-36(20-9-10-21-23(30(37)38-3)17-34(2)26(21)15-20)14-13-35(18)12-11-22-28(33-39-29(22)19-7-8-19)27-24(31)5-4-6-25(27)32/h4-6,9-10,15,17-19H,7-8,11-14,16H2,1-3H3/t18-/m1/s1. The van der Waals surface area contributed by atoms with Crippen molar-refractivity contribution in [3.63, 3.8) is 0 Å². The van der Waals surface area contributed by atoms with Crippen LogP contribution in [0.4, 0.5) is 5.69 Å². The lowest BCUT2D eigenvalue weighted by Crippen LogP contribution is -2.52. The van der Waals surface area contributed by atoms with Crippen molar-refractivity contribution >= 4 is 45.8 Å². The molecule has 0 unspecified atom stereocenters. The largest absolute Gasteiger partial charge is 0.465 e. The SMILES string of the molecule is COC(=O)c1cn(C)c2cc(N3CCN(CCc4c(-c5c(Cl)cccc5Cl)noc4C4CC4)[C@H](C)C3)ccc12. The van der Waals surface area contributed by atoms with Gasteiger partial charge in [-0.15, -0.1) is 0 Å². The van der Waals surface area contributed by atoms with Gasteiger partial charge in [-0.25, -0.2) is 4.79 Å². The Hall–Kier alpha value is -3.00. The van der Waals surface area contributed by atoms with E-state index in [0.717, 1.165) is 84.6 Å². The van der Waals surface area contributed by atoms with E-state index in [1.807, 2.05) is 42.1 Å². The van der Waals surface area contributed by atoms with Crippen molar-refractivity contribution in [2.24, 2.45) is 7.05 Å². The van der Waals surface area contributed by atoms with Gasteiger partial charge in [-0.2, -0.15) is 0 Å². The Morgan fingerprint density at radius 1 is 1.15 bits per heavy atom. The minimum absolute atomic E-state index is 0.312. The Morgan fingerprint density at radius 2 is 1.92 bits per heavy atom. The highest BCUT2D eigenvalue weighted by Crippen LogP contribution is 2.46.